The number of hydrogen-bond donors (Lipinski definition) is 1. The number of fused-ring (bicyclic) bond motifs is 1. The van der Waals surface area contributed by atoms with Gasteiger partial charge in [0.1, 0.15) is 5.75 Å². The van der Waals surface area contributed by atoms with Gasteiger partial charge in [0.2, 0.25) is 0 Å². The Morgan fingerprint density at radius 3 is 3.05 bits per heavy atom. The lowest BCUT2D eigenvalue weighted by Gasteiger charge is -2.26. The second kappa shape index (κ2) is 5.29. The van der Waals surface area contributed by atoms with E-state index in [0.29, 0.717) is 25.4 Å². The number of nitrogens with zero attached hydrogens (tertiary/aromatic N) is 1. The summed E-state index contributed by atoms with van der Waals surface area (Å²) in [6, 6.07) is 4.28. The van der Waals surface area contributed by atoms with Gasteiger partial charge in [0.25, 0.3) is 0 Å². The molecule has 1 aromatic carbocycles. The van der Waals surface area contributed by atoms with Gasteiger partial charge in [-0.1, -0.05) is 11.6 Å². The molecule has 2 N–H and O–H groups in total. The van der Waals surface area contributed by atoms with Crippen molar-refractivity contribution in [1.29, 1.82) is 0 Å². The van der Waals surface area contributed by atoms with Crippen molar-refractivity contribution in [3.8, 4) is 5.75 Å². The number of nitrogens with two attached hydrogens (primary N) is 1. The molecule has 104 valence electrons. The van der Waals surface area contributed by atoms with Gasteiger partial charge in [-0.2, -0.15) is 0 Å². The van der Waals surface area contributed by atoms with E-state index >= 15 is 0 Å². The van der Waals surface area contributed by atoms with Crippen LogP contribution in [0.25, 0.3) is 0 Å². The highest BCUT2D eigenvalue weighted by Crippen LogP contribution is 2.42. The molecular weight excluding hydrogens is 264 g/mol. The summed E-state index contributed by atoms with van der Waals surface area (Å²) in [7, 11) is 2.13. The minimum Gasteiger partial charge on any atom is -0.467 e. The second-order valence-electron chi connectivity index (χ2n) is 5.39. The van der Waals surface area contributed by atoms with Crippen LogP contribution >= 0.6 is 11.6 Å². The summed E-state index contributed by atoms with van der Waals surface area (Å²) >= 11 is 6.22. The molecule has 4 nitrogen and oxygen atoms in total. The minimum atomic E-state index is 0.318. The topological polar surface area (TPSA) is 47.7 Å². The van der Waals surface area contributed by atoms with Crippen molar-refractivity contribution in [1.82, 2.24) is 4.90 Å². The fourth-order valence-corrected chi connectivity index (χ4v) is 3.35. The lowest BCUT2D eigenvalue weighted by molar-refractivity contribution is -0.0177. The first kappa shape index (κ1) is 13.2. The molecule has 2 aliphatic rings. The Labute approximate surface area is 118 Å². The Hall–Kier alpha value is -0.810. The van der Waals surface area contributed by atoms with Crippen LogP contribution in [0.5, 0.6) is 5.75 Å². The molecule has 0 spiro atoms. The van der Waals surface area contributed by atoms with Gasteiger partial charge in [-0.05, 0) is 38.1 Å². The SMILES string of the molecule is CN1CC(CN)CC1c1cc(Cl)cc2c1OCOC2. The van der Waals surface area contributed by atoms with Crippen molar-refractivity contribution in [2.45, 2.75) is 19.1 Å². The fraction of sp³-hybridized carbons (Fsp3) is 0.571. The fourth-order valence-electron chi connectivity index (χ4n) is 3.10. The molecular formula is C14H19ClN2O2. The zero-order valence-corrected chi connectivity index (χ0v) is 11.8. The van der Waals surface area contributed by atoms with Crippen molar-refractivity contribution in [2.24, 2.45) is 11.7 Å². The molecule has 2 unspecified atom stereocenters. The molecule has 1 saturated heterocycles. The molecule has 0 aliphatic carbocycles. The van der Waals surface area contributed by atoms with Crippen LogP contribution in [-0.4, -0.2) is 31.8 Å². The maximum Gasteiger partial charge on any atom is 0.189 e. The third-order valence-electron chi connectivity index (χ3n) is 4.03. The average Bonchev–Trinajstić information content (AvgIpc) is 2.79. The van der Waals surface area contributed by atoms with Crippen LogP contribution in [0.4, 0.5) is 0 Å². The summed E-state index contributed by atoms with van der Waals surface area (Å²) in [5, 5.41) is 0.743. The van der Waals surface area contributed by atoms with Crippen LogP contribution in [0, 0.1) is 5.92 Å². The first-order valence-corrected chi connectivity index (χ1v) is 7.00. The van der Waals surface area contributed by atoms with E-state index in [0.717, 1.165) is 35.8 Å². The lowest BCUT2D eigenvalue weighted by Crippen LogP contribution is -2.22. The molecule has 1 fully saturated rings. The Bertz CT molecular complexity index is 481. The zero-order valence-electron chi connectivity index (χ0n) is 11.1. The van der Waals surface area contributed by atoms with Gasteiger partial charge in [-0.25, -0.2) is 0 Å². The van der Waals surface area contributed by atoms with Crippen LogP contribution in [0.2, 0.25) is 5.02 Å². The number of likely N-dealkylation sites (tertiary alicyclic amines) is 1. The molecule has 0 bridgehead atoms. The Morgan fingerprint density at radius 2 is 2.32 bits per heavy atom. The smallest absolute Gasteiger partial charge is 0.189 e. The predicted molar refractivity (Wildman–Crippen MR) is 74.3 cm³/mol. The molecule has 0 aromatic heterocycles. The number of ether oxygens (including phenoxy) is 2. The van der Waals surface area contributed by atoms with Crippen LogP contribution in [0.3, 0.4) is 0 Å². The quantitative estimate of drug-likeness (QED) is 0.903. The van der Waals surface area contributed by atoms with E-state index < -0.39 is 0 Å². The normalized spacial score (nSPS) is 27.1. The van der Waals surface area contributed by atoms with E-state index in [-0.39, 0.29) is 0 Å². The van der Waals surface area contributed by atoms with Gasteiger partial charge in [0.15, 0.2) is 6.79 Å². The summed E-state index contributed by atoms with van der Waals surface area (Å²) in [5.74, 6) is 1.50. The molecule has 2 aliphatic heterocycles. The van der Waals surface area contributed by atoms with E-state index in [1.165, 1.54) is 5.56 Å². The summed E-state index contributed by atoms with van der Waals surface area (Å²) in [4.78, 5) is 2.34. The average molecular weight is 283 g/mol. The molecule has 1 aromatic rings. The second-order valence-corrected chi connectivity index (χ2v) is 5.82. The molecule has 19 heavy (non-hydrogen) atoms. The van der Waals surface area contributed by atoms with Crippen LogP contribution in [0.15, 0.2) is 12.1 Å². The van der Waals surface area contributed by atoms with Crippen molar-refractivity contribution in [2.75, 3.05) is 26.9 Å². The first-order valence-electron chi connectivity index (χ1n) is 6.62. The van der Waals surface area contributed by atoms with E-state index in [9.17, 15) is 0 Å². The van der Waals surface area contributed by atoms with Crippen molar-refractivity contribution >= 4 is 11.6 Å². The summed E-state index contributed by atoms with van der Waals surface area (Å²) in [5.41, 5.74) is 8.01. The highest BCUT2D eigenvalue weighted by molar-refractivity contribution is 6.30. The van der Waals surface area contributed by atoms with E-state index in [4.69, 9.17) is 26.8 Å². The summed E-state index contributed by atoms with van der Waals surface area (Å²) < 4.78 is 11.0. The van der Waals surface area contributed by atoms with Crippen molar-refractivity contribution in [3.05, 3.63) is 28.3 Å². The zero-order chi connectivity index (χ0) is 13.4. The van der Waals surface area contributed by atoms with Gasteiger partial charge >= 0.3 is 0 Å². The molecule has 5 heteroatoms. The van der Waals surface area contributed by atoms with Crippen LogP contribution < -0.4 is 10.5 Å². The molecule has 0 radical (unpaired) electrons. The standard InChI is InChI=1S/C14H19ClN2O2/c1-17-6-9(5-16)2-13(17)12-4-11(15)3-10-7-18-8-19-14(10)12/h3-4,9,13H,2,5-8,16H2,1H3. The van der Waals surface area contributed by atoms with Gasteiger partial charge < -0.3 is 15.2 Å². The molecule has 2 heterocycles. The third-order valence-corrected chi connectivity index (χ3v) is 4.25. The number of rotatable bonds is 2. The van der Waals surface area contributed by atoms with Crippen molar-refractivity contribution in [3.63, 3.8) is 0 Å². The highest BCUT2D eigenvalue weighted by atomic mass is 35.5. The largest absolute Gasteiger partial charge is 0.467 e. The van der Waals surface area contributed by atoms with Gasteiger partial charge in [0.05, 0.1) is 6.61 Å². The Morgan fingerprint density at radius 1 is 1.47 bits per heavy atom. The van der Waals surface area contributed by atoms with Gasteiger partial charge in [-0.15, -0.1) is 0 Å². The van der Waals surface area contributed by atoms with Crippen LogP contribution in [-0.2, 0) is 11.3 Å². The van der Waals surface area contributed by atoms with Gasteiger partial charge in [-0.3, -0.25) is 4.90 Å². The first-order chi connectivity index (χ1) is 9.19. The minimum absolute atomic E-state index is 0.318. The highest BCUT2D eigenvalue weighted by Gasteiger charge is 2.33. The number of halogens is 1. The molecule has 0 saturated carbocycles. The molecule has 2 atom stereocenters. The van der Waals surface area contributed by atoms with Crippen LogP contribution in [0.1, 0.15) is 23.6 Å². The monoisotopic (exact) mass is 282 g/mol. The maximum absolute atomic E-state index is 6.22. The van der Waals surface area contributed by atoms with E-state index in [1.807, 2.05) is 12.1 Å². The lowest BCUT2D eigenvalue weighted by atomic mass is 9.97. The maximum atomic E-state index is 6.22. The van der Waals surface area contributed by atoms with E-state index in [1.54, 1.807) is 0 Å². The Kier molecular flexibility index (Phi) is 3.67. The third kappa shape index (κ3) is 2.46. The van der Waals surface area contributed by atoms with E-state index in [2.05, 4.69) is 11.9 Å². The summed E-state index contributed by atoms with van der Waals surface area (Å²) in [6.45, 7) is 2.64. The number of benzene rings is 1. The molecule has 3 rings (SSSR count). The van der Waals surface area contributed by atoms with Gasteiger partial charge in [0, 0.05) is 28.7 Å². The summed E-state index contributed by atoms with van der Waals surface area (Å²) in [6.07, 6.45) is 1.06. The molecule has 0 amide bonds. The van der Waals surface area contributed by atoms with Crippen molar-refractivity contribution < 1.29 is 9.47 Å². The Balaban J connectivity index is 1.98. The number of hydrogen-bond acceptors (Lipinski definition) is 4. The predicted octanol–water partition coefficient (Wildman–Crippen LogP) is 2.16.